The first-order valence-electron chi connectivity index (χ1n) is 8.17. The SMILES string of the molecule is Cc1ccccc1CN(C)C(C)C(=O)N(C)CC(=O)NC1CC1. The zero-order valence-corrected chi connectivity index (χ0v) is 14.5. The van der Waals surface area contributed by atoms with Crippen molar-refractivity contribution in [2.24, 2.45) is 0 Å². The van der Waals surface area contributed by atoms with Crippen LogP contribution < -0.4 is 5.32 Å². The molecule has 0 bridgehead atoms. The van der Waals surface area contributed by atoms with Crippen LogP contribution in [0.15, 0.2) is 24.3 Å². The predicted molar refractivity (Wildman–Crippen MR) is 90.9 cm³/mol. The van der Waals surface area contributed by atoms with E-state index in [0.29, 0.717) is 12.6 Å². The van der Waals surface area contributed by atoms with Crippen LogP contribution in [-0.4, -0.2) is 54.3 Å². The lowest BCUT2D eigenvalue weighted by Gasteiger charge is -2.28. The number of nitrogens with one attached hydrogen (secondary N) is 1. The van der Waals surface area contributed by atoms with Gasteiger partial charge in [-0.2, -0.15) is 0 Å². The number of benzene rings is 1. The van der Waals surface area contributed by atoms with E-state index in [-0.39, 0.29) is 24.4 Å². The van der Waals surface area contributed by atoms with Crippen LogP contribution in [0.1, 0.15) is 30.9 Å². The van der Waals surface area contributed by atoms with E-state index in [2.05, 4.69) is 24.4 Å². The molecule has 0 spiro atoms. The van der Waals surface area contributed by atoms with Crippen molar-refractivity contribution in [3.8, 4) is 0 Å². The van der Waals surface area contributed by atoms with Crippen molar-refractivity contribution in [3.63, 3.8) is 0 Å². The molecular formula is C18H27N3O2. The second-order valence-corrected chi connectivity index (χ2v) is 6.55. The number of hydrogen-bond donors (Lipinski definition) is 1. The molecule has 1 aromatic rings. The van der Waals surface area contributed by atoms with Gasteiger partial charge in [-0.1, -0.05) is 24.3 Å². The number of carbonyl (C=O) groups excluding carboxylic acids is 2. The van der Waals surface area contributed by atoms with Crippen LogP contribution in [0.4, 0.5) is 0 Å². The molecule has 0 aliphatic heterocycles. The smallest absolute Gasteiger partial charge is 0.239 e. The first kappa shape index (κ1) is 17.5. The van der Waals surface area contributed by atoms with Crippen molar-refractivity contribution in [2.75, 3.05) is 20.6 Å². The van der Waals surface area contributed by atoms with Gasteiger partial charge >= 0.3 is 0 Å². The maximum Gasteiger partial charge on any atom is 0.239 e. The second-order valence-electron chi connectivity index (χ2n) is 6.55. The van der Waals surface area contributed by atoms with E-state index in [1.54, 1.807) is 7.05 Å². The van der Waals surface area contributed by atoms with Crippen molar-refractivity contribution < 1.29 is 9.59 Å². The van der Waals surface area contributed by atoms with Gasteiger partial charge in [-0.05, 0) is 44.9 Å². The van der Waals surface area contributed by atoms with Crippen LogP contribution in [0.25, 0.3) is 0 Å². The lowest BCUT2D eigenvalue weighted by atomic mass is 10.1. The molecule has 5 heteroatoms. The van der Waals surface area contributed by atoms with E-state index in [1.807, 2.05) is 31.0 Å². The lowest BCUT2D eigenvalue weighted by molar-refractivity contribution is -0.138. The maximum absolute atomic E-state index is 12.5. The summed E-state index contributed by atoms with van der Waals surface area (Å²) in [6.45, 7) is 4.79. The fraction of sp³-hybridized carbons (Fsp3) is 0.556. The quantitative estimate of drug-likeness (QED) is 0.830. The van der Waals surface area contributed by atoms with Crippen molar-refractivity contribution >= 4 is 11.8 Å². The summed E-state index contributed by atoms with van der Waals surface area (Å²) in [6, 6.07) is 8.23. The predicted octanol–water partition coefficient (Wildman–Crippen LogP) is 1.55. The van der Waals surface area contributed by atoms with Gasteiger partial charge < -0.3 is 10.2 Å². The average molecular weight is 317 g/mol. The summed E-state index contributed by atoms with van der Waals surface area (Å²) in [4.78, 5) is 27.8. The first-order chi connectivity index (χ1) is 10.9. The molecule has 0 saturated heterocycles. The number of likely N-dealkylation sites (N-methyl/N-ethyl adjacent to an activating group) is 2. The molecule has 23 heavy (non-hydrogen) atoms. The van der Waals surface area contributed by atoms with Gasteiger partial charge in [-0.3, -0.25) is 14.5 Å². The average Bonchev–Trinajstić information content (AvgIpc) is 3.31. The van der Waals surface area contributed by atoms with Crippen molar-refractivity contribution in [2.45, 2.75) is 45.3 Å². The summed E-state index contributed by atoms with van der Waals surface area (Å²) < 4.78 is 0. The van der Waals surface area contributed by atoms with E-state index in [0.717, 1.165) is 12.8 Å². The van der Waals surface area contributed by atoms with Gasteiger partial charge in [-0.25, -0.2) is 0 Å². The second kappa shape index (κ2) is 7.59. The highest BCUT2D eigenvalue weighted by molar-refractivity contribution is 5.87. The Hall–Kier alpha value is -1.88. The van der Waals surface area contributed by atoms with Crippen molar-refractivity contribution in [1.29, 1.82) is 0 Å². The third kappa shape index (κ3) is 5.06. The number of nitrogens with zero attached hydrogens (tertiary/aromatic N) is 2. The van der Waals surface area contributed by atoms with Gasteiger partial charge in [0.1, 0.15) is 0 Å². The minimum absolute atomic E-state index is 0.0352. The minimum atomic E-state index is -0.270. The Morgan fingerprint density at radius 2 is 1.91 bits per heavy atom. The maximum atomic E-state index is 12.5. The Morgan fingerprint density at radius 3 is 2.52 bits per heavy atom. The van der Waals surface area contributed by atoms with Gasteiger partial charge in [0, 0.05) is 19.6 Å². The van der Waals surface area contributed by atoms with Gasteiger partial charge in [0.2, 0.25) is 11.8 Å². The third-order valence-corrected chi connectivity index (χ3v) is 4.40. The number of rotatable bonds is 7. The molecule has 0 heterocycles. The van der Waals surface area contributed by atoms with Gasteiger partial charge in [0.15, 0.2) is 0 Å². The zero-order chi connectivity index (χ0) is 17.0. The van der Waals surface area contributed by atoms with E-state index in [9.17, 15) is 9.59 Å². The van der Waals surface area contributed by atoms with Crippen LogP contribution >= 0.6 is 0 Å². The molecule has 1 N–H and O–H groups in total. The Balaban J connectivity index is 1.87. The molecule has 0 radical (unpaired) electrons. The van der Waals surface area contributed by atoms with Crippen LogP contribution in [0.3, 0.4) is 0 Å². The highest BCUT2D eigenvalue weighted by atomic mass is 16.2. The fourth-order valence-electron chi connectivity index (χ4n) is 2.49. The van der Waals surface area contributed by atoms with Crippen LogP contribution in [-0.2, 0) is 16.1 Å². The largest absolute Gasteiger partial charge is 0.352 e. The van der Waals surface area contributed by atoms with Gasteiger partial charge in [0.25, 0.3) is 0 Å². The highest BCUT2D eigenvalue weighted by Gasteiger charge is 2.26. The summed E-state index contributed by atoms with van der Waals surface area (Å²) in [7, 11) is 3.63. The normalized spacial score (nSPS) is 15.3. The molecule has 1 aromatic carbocycles. The molecule has 126 valence electrons. The lowest BCUT2D eigenvalue weighted by Crippen LogP contribution is -2.47. The fourth-order valence-corrected chi connectivity index (χ4v) is 2.49. The standard InChI is InChI=1S/C18H27N3O2/c1-13-7-5-6-8-15(13)11-20(3)14(2)18(23)21(4)12-17(22)19-16-9-10-16/h5-8,14,16H,9-12H2,1-4H3,(H,19,22). The molecule has 1 saturated carbocycles. The van der Waals surface area contributed by atoms with Crippen LogP contribution in [0.2, 0.25) is 0 Å². The number of hydrogen-bond acceptors (Lipinski definition) is 3. The molecule has 1 aliphatic carbocycles. The summed E-state index contributed by atoms with van der Waals surface area (Å²) >= 11 is 0. The van der Waals surface area contributed by atoms with E-state index < -0.39 is 0 Å². The Labute approximate surface area is 138 Å². The molecule has 5 nitrogen and oxygen atoms in total. The van der Waals surface area contributed by atoms with Crippen LogP contribution in [0.5, 0.6) is 0 Å². The van der Waals surface area contributed by atoms with Gasteiger partial charge in [-0.15, -0.1) is 0 Å². The topological polar surface area (TPSA) is 52.7 Å². The van der Waals surface area contributed by atoms with E-state index >= 15 is 0 Å². The molecule has 2 rings (SSSR count). The molecule has 1 aliphatic rings. The molecular weight excluding hydrogens is 290 g/mol. The Bertz CT molecular complexity index is 569. The summed E-state index contributed by atoms with van der Waals surface area (Å²) in [6.07, 6.45) is 2.11. The van der Waals surface area contributed by atoms with Gasteiger partial charge in [0.05, 0.1) is 12.6 Å². The van der Waals surface area contributed by atoms with Crippen molar-refractivity contribution in [3.05, 3.63) is 35.4 Å². The van der Waals surface area contributed by atoms with Crippen molar-refractivity contribution in [1.82, 2.24) is 15.1 Å². The van der Waals surface area contributed by atoms with E-state index in [1.165, 1.54) is 16.0 Å². The molecule has 2 amide bonds. The minimum Gasteiger partial charge on any atom is -0.352 e. The number of aryl methyl sites for hydroxylation is 1. The number of amides is 2. The Morgan fingerprint density at radius 1 is 1.26 bits per heavy atom. The molecule has 1 unspecified atom stereocenters. The molecule has 1 atom stereocenters. The van der Waals surface area contributed by atoms with E-state index in [4.69, 9.17) is 0 Å². The number of carbonyl (C=O) groups is 2. The summed E-state index contributed by atoms with van der Waals surface area (Å²) in [5, 5.41) is 2.91. The third-order valence-electron chi connectivity index (χ3n) is 4.40. The Kier molecular flexibility index (Phi) is 5.77. The first-order valence-corrected chi connectivity index (χ1v) is 8.17. The van der Waals surface area contributed by atoms with Crippen LogP contribution in [0, 0.1) is 6.92 Å². The molecule has 1 fully saturated rings. The summed E-state index contributed by atoms with van der Waals surface area (Å²) in [5.74, 6) is -0.107. The molecule has 0 aromatic heterocycles. The summed E-state index contributed by atoms with van der Waals surface area (Å²) in [5.41, 5.74) is 2.43. The monoisotopic (exact) mass is 317 g/mol. The highest BCUT2D eigenvalue weighted by Crippen LogP contribution is 2.18. The zero-order valence-electron chi connectivity index (χ0n) is 14.5.